The van der Waals surface area contributed by atoms with Gasteiger partial charge in [0.1, 0.15) is 12.0 Å². The molecule has 1 aromatic rings. The van der Waals surface area contributed by atoms with E-state index in [2.05, 4.69) is 35.6 Å². The Morgan fingerprint density at radius 2 is 2.15 bits per heavy atom. The van der Waals surface area contributed by atoms with Gasteiger partial charge in [0.15, 0.2) is 5.82 Å². The molecule has 0 aliphatic carbocycles. The number of anilines is 2. The molecule has 6 heteroatoms. The van der Waals surface area contributed by atoms with Gasteiger partial charge < -0.3 is 20.1 Å². The minimum atomic E-state index is -0.228. The average Bonchev–Trinajstić information content (AvgIpc) is 2.28. The van der Waals surface area contributed by atoms with Crippen molar-refractivity contribution in [3.63, 3.8) is 0 Å². The first-order valence-electron chi connectivity index (χ1n) is 6.98. The lowest BCUT2D eigenvalue weighted by molar-refractivity contribution is -0.0751. The summed E-state index contributed by atoms with van der Waals surface area (Å²) in [6.07, 6.45) is 1.65. The second-order valence-corrected chi connectivity index (χ2v) is 6.15. The van der Waals surface area contributed by atoms with E-state index in [9.17, 15) is 0 Å². The topological polar surface area (TPSA) is 73.5 Å². The van der Waals surface area contributed by atoms with Crippen LogP contribution in [0.2, 0.25) is 0 Å². The van der Waals surface area contributed by atoms with E-state index < -0.39 is 0 Å². The van der Waals surface area contributed by atoms with Crippen molar-refractivity contribution in [3.8, 4) is 5.88 Å². The van der Waals surface area contributed by atoms with E-state index in [4.69, 9.17) is 15.2 Å². The summed E-state index contributed by atoms with van der Waals surface area (Å²) in [5.41, 5.74) is 6.43. The summed E-state index contributed by atoms with van der Waals surface area (Å²) in [6.45, 7) is 11.6. The van der Waals surface area contributed by atoms with Crippen molar-refractivity contribution in [2.24, 2.45) is 0 Å². The van der Waals surface area contributed by atoms with Crippen molar-refractivity contribution in [1.29, 1.82) is 0 Å². The highest BCUT2D eigenvalue weighted by Crippen LogP contribution is 2.32. The average molecular weight is 280 g/mol. The molecule has 1 saturated heterocycles. The molecule has 0 bridgehead atoms. The second kappa shape index (κ2) is 5.44. The van der Waals surface area contributed by atoms with Crippen LogP contribution < -0.4 is 15.4 Å². The number of rotatable bonds is 3. The zero-order valence-corrected chi connectivity index (χ0v) is 12.9. The van der Waals surface area contributed by atoms with Gasteiger partial charge in [0.05, 0.1) is 17.8 Å². The molecule has 1 aliphatic rings. The van der Waals surface area contributed by atoms with Crippen molar-refractivity contribution < 1.29 is 9.47 Å². The Bertz CT molecular complexity index is 476. The maximum absolute atomic E-state index is 6.16. The number of hydrogen-bond acceptors (Lipinski definition) is 6. The third-order valence-corrected chi connectivity index (χ3v) is 3.04. The van der Waals surface area contributed by atoms with Crippen LogP contribution in [-0.2, 0) is 4.74 Å². The van der Waals surface area contributed by atoms with Crippen LogP contribution in [0.15, 0.2) is 6.33 Å². The first-order chi connectivity index (χ1) is 9.28. The lowest BCUT2D eigenvalue weighted by Gasteiger charge is -2.42. The van der Waals surface area contributed by atoms with Gasteiger partial charge in [-0.15, -0.1) is 0 Å². The standard InChI is InChI=1S/C14H24N4O2/c1-9(2)19-13-11(15)12(16-8-17-13)18-6-10(3)20-14(4,5)7-18/h8-10H,6-7,15H2,1-5H3. The molecule has 6 nitrogen and oxygen atoms in total. The molecule has 0 radical (unpaired) electrons. The van der Waals surface area contributed by atoms with E-state index in [0.717, 1.165) is 18.9 Å². The second-order valence-electron chi connectivity index (χ2n) is 6.15. The maximum atomic E-state index is 6.16. The molecular weight excluding hydrogens is 256 g/mol. The molecule has 1 fully saturated rings. The molecule has 1 aliphatic heterocycles. The Morgan fingerprint density at radius 3 is 2.75 bits per heavy atom. The Kier molecular flexibility index (Phi) is 4.04. The molecule has 1 aromatic heterocycles. The predicted octanol–water partition coefficient (Wildman–Crippen LogP) is 1.85. The Balaban J connectivity index is 2.28. The highest BCUT2D eigenvalue weighted by molar-refractivity contribution is 5.68. The molecule has 20 heavy (non-hydrogen) atoms. The van der Waals surface area contributed by atoms with Gasteiger partial charge in [-0.05, 0) is 34.6 Å². The van der Waals surface area contributed by atoms with Crippen LogP contribution in [0.25, 0.3) is 0 Å². The third-order valence-electron chi connectivity index (χ3n) is 3.04. The van der Waals surface area contributed by atoms with E-state index in [-0.39, 0.29) is 17.8 Å². The van der Waals surface area contributed by atoms with Gasteiger partial charge >= 0.3 is 0 Å². The molecule has 2 N–H and O–H groups in total. The first kappa shape index (κ1) is 14.8. The van der Waals surface area contributed by atoms with E-state index in [1.165, 1.54) is 6.33 Å². The van der Waals surface area contributed by atoms with Gasteiger partial charge in [0.25, 0.3) is 0 Å². The van der Waals surface area contributed by atoms with Crippen LogP contribution in [0.3, 0.4) is 0 Å². The molecule has 0 aromatic carbocycles. The molecule has 0 saturated carbocycles. The normalized spacial score (nSPS) is 22.1. The van der Waals surface area contributed by atoms with E-state index in [0.29, 0.717) is 11.6 Å². The number of nitrogen functional groups attached to an aromatic ring is 1. The van der Waals surface area contributed by atoms with Gasteiger partial charge in [0.2, 0.25) is 5.88 Å². The van der Waals surface area contributed by atoms with Gasteiger partial charge in [-0.3, -0.25) is 0 Å². The molecule has 112 valence electrons. The van der Waals surface area contributed by atoms with Crippen LogP contribution in [0.1, 0.15) is 34.6 Å². The van der Waals surface area contributed by atoms with Crippen LogP contribution in [0, 0.1) is 0 Å². The SMILES string of the molecule is CC(C)Oc1ncnc(N2CC(C)OC(C)(C)C2)c1N. The lowest BCUT2D eigenvalue weighted by Crippen LogP contribution is -2.52. The van der Waals surface area contributed by atoms with Crippen molar-refractivity contribution in [3.05, 3.63) is 6.33 Å². The van der Waals surface area contributed by atoms with Crippen molar-refractivity contribution >= 4 is 11.5 Å². The largest absolute Gasteiger partial charge is 0.473 e. The minimum Gasteiger partial charge on any atom is -0.473 e. The summed E-state index contributed by atoms with van der Waals surface area (Å²) >= 11 is 0. The molecule has 2 rings (SSSR count). The highest BCUT2D eigenvalue weighted by Gasteiger charge is 2.33. The summed E-state index contributed by atoms with van der Waals surface area (Å²) in [5, 5.41) is 0. The lowest BCUT2D eigenvalue weighted by atomic mass is 10.1. The minimum absolute atomic E-state index is 0.0279. The third kappa shape index (κ3) is 3.30. The monoisotopic (exact) mass is 280 g/mol. The summed E-state index contributed by atoms with van der Waals surface area (Å²) in [4.78, 5) is 10.6. The Morgan fingerprint density at radius 1 is 1.45 bits per heavy atom. The zero-order chi connectivity index (χ0) is 14.9. The smallest absolute Gasteiger partial charge is 0.242 e. The molecule has 0 spiro atoms. The fourth-order valence-electron chi connectivity index (χ4n) is 2.55. The fourth-order valence-corrected chi connectivity index (χ4v) is 2.55. The Labute approximate surface area is 120 Å². The van der Waals surface area contributed by atoms with Gasteiger partial charge in [-0.1, -0.05) is 0 Å². The van der Waals surface area contributed by atoms with Gasteiger partial charge in [-0.2, -0.15) is 4.98 Å². The number of nitrogens with two attached hydrogens (primary N) is 1. The van der Waals surface area contributed by atoms with Crippen molar-refractivity contribution in [2.45, 2.75) is 52.4 Å². The zero-order valence-electron chi connectivity index (χ0n) is 12.9. The van der Waals surface area contributed by atoms with Crippen LogP contribution in [-0.4, -0.2) is 40.9 Å². The highest BCUT2D eigenvalue weighted by atomic mass is 16.5. The van der Waals surface area contributed by atoms with Gasteiger partial charge in [0, 0.05) is 13.1 Å². The molecule has 2 heterocycles. The van der Waals surface area contributed by atoms with E-state index in [1.54, 1.807) is 0 Å². The number of hydrogen-bond donors (Lipinski definition) is 1. The molecule has 1 atom stereocenters. The van der Waals surface area contributed by atoms with Crippen LogP contribution in [0.4, 0.5) is 11.5 Å². The number of ether oxygens (including phenoxy) is 2. The summed E-state index contributed by atoms with van der Waals surface area (Å²) in [6, 6.07) is 0. The quantitative estimate of drug-likeness (QED) is 0.911. The van der Waals surface area contributed by atoms with Crippen LogP contribution >= 0.6 is 0 Å². The molecular formula is C14H24N4O2. The summed E-state index contributed by atoms with van der Waals surface area (Å²) in [5.74, 6) is 1.17. The summed E-state index contributed by atoms with van der Waals surface area (Å²) in [7, 11) is 0. The van der Waals surface area contributed by atoms with E-state index >= 15 is 0 Å². The molecule has 1 unspecified atom stereocenters. The summed E-state index contributed by atoms with van der Waals surface area (Å²) < 4.78 is 11.5. The van der Waals surface area contributed by atoms with Gasteiger partial charge in [-0.25, -0.2) is 4.98 Å². The van der Waals surface area contributed by atoms with Crippen molar-refractivity contribution in [2.75, 3.05) is 23.7 Å². The van der Waals surface area contributed by atoms with E-state index in [1.807, 2.05) is 13.8 Å². The number of aromatic nitrogens is 2. The van der Waals surface area contributed by atoms with Crippen molar-refractivity contribution in [1.82, 2.24) is 9.97 Å². The Hall–Kier alpha value is -1.56. The number of morpholine rings is 1. The van der Waals surface area contributed by atoms with Crippen LogP contribution in [0.5, 0.6) is 5.88 Å². The number of nitrogens with zero attached hydrogens (tertiary/aromatic N) is 3. The molecule has 0 amide bonds. The predicted molar refractivity (Wildman–Crippen MR) is 79.0 cm³/mol. The first-order valence-corrected chi connectivity index (χ1v) is 6.98. The maximum Gasteiger partial charge on any atom is 0.242 e. The fraction of sp³-hybridized carbons (Fsp3) is 0.714.